The number of benzene rings is 2. The van der Waals surface area contributed by atoms with Gasteiger partial charge in [-0.1, -0.05) is 11.6 Å². The maximum atomic E-state index is 14.7. The molecule has 1 amide bonds. The van der Waals surface area contributed by atoms with E-state index in [0.29, 0.717) is 0 Å². The zero-order chi connectivity index (χ0) is 20.0. The minimum absolute atomic E-state index is 0.0105. The van der Waals surface area contributed by atoms with E-state index in [1.807, 2.05) is 0 Å². The number of phenols is 1. The van der Waals surface area contributed by atoms with E-state index < -0.39 is 35.1 Å². The average Bonchev–Trinajstić information content (AvgIpc) is 2.91. The minimum atomic E-state index is -0.965. The van der Waals surface area contributed by atoms with Gasteiger partial charge in [0, 0.05) is 16.6 Å². The van der Waals surface area contributed by atoms with Gasteiger partial charge >= 0.3 is 0 Å². The smallest absolute Gasteiger partial charge is 0.262 e. The SMILES string of the molecule is Cc1c(C(C)C(N)=O)c2c(F)c(O)ccc2n1C(=O)c1ccc(Cl)c(F)c1. The second-order valence-electron chi connectivity index (χ2n) is 6.19. The van der Waals surface area contributed by atoms with Crippen molar-refractivity contribution in [1.29, 1.82) is 0 Å². The van der Waals surface area contributed by atoms with Crippen LogP contribution < -0.4 is 5.73 Å². The van der Waals surface area contributed by atoms with Gasteiger partial charge in [0.25, 0.3) is 5.91 Å². The van der Waals surface area contributed by atoms with Crippen molar-refractivity contribution in [3.05, 3.63) is 63.8 Å². The molecule has 2 aromatic carbocycles. The lowest BCUT2D eigenvalue weighted by atomic mass is 9.97. The monoisotopic (exact) mass is 392 g/mol. The highest BCUT2D eigenvalue weighted by atomic mass is 35.5. The molecule has 1 atom stereocenters. The Morgan fingerprint density at radius 3 is 2.48 bits per heavy atom. The van der Waals surface area contributed by atoms with Gasteiger partial charge in [0.15, 0.2) is 11.6 Å². The van der Waals surface area contributed by atoms with E-state index in [9.17, 15) is 23.5 Å². The molecule has 0 fully saturated rings. The molecule has 27 heavy (non-hydrogen) atoms. The highest BCUT2D eigenvalue weighted by Crippen LogP contribution is 2.37. The number of hydrogen-bond donors (Lipinski definition) is 2. The Balaban J connectivity index is 2.35. The molecule has 0 saturated carbocycles. The van der Waals surface area contributed by atoms with Crippen LogP contribution in [0, 0.1) is 18.6 Å². The lowest BCUT2D eigenvalue weighted by Gasteiger charge is -2.10. The molecule has 1 unspecified atom stereocenters. The van der Waals surface area contributed by atoms with Crippen LogP contribution in [0.4, 0.5) is 8.78 Å². The van der Waals surface area contributed by atoms with Crippen molar-refractivity contribution in [3.63, 3.8) is 0 Å². The number of halogens is 3. The number of nitrogens with zero attached hydrogens (tertiary/aromatic N) is 1. The largest absolute Gasteiger partial charge is 0.505 e. The first-order valence-corrected chi connectivity index (χ1v) is 8.34. The molecule has 1 heterocycles. The number of fused-ring (bicyclic) bond motifs is 1. The fraction of sp³-hybridized carbons (Fsp3) is 0.158. The first kappa shape index (κ1) is 18.8. The Kier molecular flexibility index (Phi) is 4.65. The van der Waals surface area contributed by atoms with Crippen LogP contribution in [-0.2, 0) is 4.79 Å². The number of primary amides is 1. The van der Waals surface area contributed by atoms with Crippen molar-refractivity contribution in [2.75, 3.05) is 0 Å². The number of carbonyl (C=O) groups is 2. The summed E-state index contributed by atoms with van der Waals surface area (Å²) >= 11 is 5.65. The topological polar surface area (TPSA) is 85.3 Å². The number of aromatic hydroxyl groups is 1. The maximum Gasteiger partial charge on any atom is 0.262 e. The van der Waals surface area contributed by atoms with Gasteiger partial charge in [-0.3, -0.25) is 14.2 Å². The molecule has 0 radical (unpaired) electrons. The second kappa shape index (κ2) is 6.66. The highest BCUT2D eigenvalue weighted by Gasteiger charge is 2.28. The number of phenolic OH excluding ortho intramolecular Hbond substituents is 1. The number of hydrogen-bond acceptors (Lipinski definition) is 3. The van der Waals surface area contributed by atoms with Gasteiger partial charge < -0.3 is 10.8 Å². The third kappa shape index (κ3) is 2.94. The summed E-state index contributed by atoms with van der Waals surface area (Å²) < 4.78 is 29.6. The molecular formula is C19H15ClF2N2O3. The number of aromatic nitrogens is 1. The van der Waals surface area contributed by atoms with Gasteiger partial charge in [0.2, 0.25) is 5.91 Å². The molecule has 0 aliphatic heterocycles. The summed E-state index contributed by atoms with van der Waals surface area (Å²) in [7, 11) is 0. The predicted octanol–water partition coefficient (Wildman–Crippen LogP) is 3.86. The molecule has 0 aliphatic rings. The third-order valence-corrected chi connectivity index (χ3v) is 4.87. The summed E-state index contributed by atoms with van der Waals surface area (Å²) in [6, 6.07) is 6.01. The van der Waals surface area contributed by atoms with Gasteiger partial charge in [-0.05, 0) is 49.7 Å². The van der Waals surface area contributed by atoms with E-state index in [1.54, 1.807) is 0 Å². The molecule has 8 heteroatoms. The van der Waals surface area contributed by atoms with Crippen molar-refractivity contribution in [2.24, 2.45) is 5.73 Å². The molecular weight excluding hydrogens is 378 g/mol. The first-order valence-electron chi connectivity index (χ1n) is 7.96. The van der Waals surface area contributed by atoms with Crippen LogP contribution in [0.5, 0.6) is 5.75 Å². The average molecular weight is 393 g/mol. The minimum Gasteiger partial charge on any atom is -0.505 e. The van der Waals surface area contributed by atoms with E-state index >= 15 is 0 Å². The summed E-state index contributed by atoms with van der Waals surface area (Å²) in [5.41, 5.74) is 5.94. The molecule has 3 rings (SSSR count). The van der Waals surface area contributed by atoms with Gasteiger partial charge in [-0.15, -0.1) is 0 Å². The molecule has 0 saturated heterocycles. The molecule has 3 aromatic rings. The van der Waals surface area contributed by atoms with Crippen molar-refractivity contribution in [3.8, 4) is 5.75 Å². The lowest BCUT2D eigenvalue weighted by molar-refractivity contribution is -0.119. The van der Waals surface area contributed by atoms with Gasteiger partial charge in [0.05, 0.1) is 16.5 Å². The van der Waals surface area contributed by atoms with E-state index in [0.717, 1.165) is 16.7 Å². The van der Waals surface area contributed by atoms with Crippen LogP contribution in [0.1, 0.15) is 34.5 Å². The first-order chi connectivity index (χ1) is 12.6. The summed E-state index contributed by atoms with van der Waals surface area (Å²) in [5.74, 6) is -4.63. The van der Waals surface area contributed by atoms with Crippen molar-refractivity contribution >= 4 is 34.3 Å². The normalized spacial score (nSPS) is 12.3. The standard InChI is InChI=1S/C19H15ClF2N2O3/c1-8(18(23)26)15-9(2)24(13-5-6-14(25)17(22)16(13)15)19(27)10-3-4-11(20)12(21)7-10/h3-8,25H,1-2H3,(H2,23,26). The van der Waals surface area contributed by atoms with Crippen LogP contribution >= 0.6 is 11.6 Å². The third-order valence-electron chi connectivity index (χ3n) is 4.56. The van der Waals surface area contributed by atoms with E-state index in [1.165, 1.54) is 32.0 Å². The van der Waals surface area contributed by atoms with Crippen LogP contribution in [0.15, 0.2) is 30.3 Å². The highest BCUT2D eigenvalue weighted by molar-refractivity contribution is 6.30. The Labute approximate surface area is 158 Å². The molecule has 1 aromatic heterocycles. The molecule has 0 bridgehead atoms. The number of rotatable bonds is 3. The van der Waals surface area contributed by atoms with Gasteiger partial charge in [-0.2, -0.15) is 0 Å². The summed E-state index contributed by atoms with van der Waals surface area (Å²) in [4.78, 5) is 24.7. The van der Waals surface area contributed by atoms with E-state index in [4.69, 9.17) is 17.3 Å². The van der Waals surface area contributed by atoms with E-state index in [2.05, 4.69) is 0 Å². The quantitative estimate of drug-likeness (QED) is 0.709. The van der Waals surface area contributed by atoms with Crippen LogP contribution in [0.3, 0.4) is 0 Å². The van der Waals surface area contributed by atoms with Crippen molar-refractivity contribution in [2.45, 2.75) is 19.8 Å². The fourth-order valence-corrected chi connectivity index (χ4v) is 3.29. The molecule has 3 N–H and O–H groups in total. The zero-order valence-corrected chi connectivity index (χ0v) is 15.1. The summed E-state index contributed by atoms with van der Waals surface area (Å²) in [5, 5.41) is 9.51. The summed E-state index contributed by atoms with van der Waals surface area (Å²) in [6.45, 7) is 3.00. The Morgan fingerprint density at radius 2 is 1.89 bits per heavy atom. The lowest BCUT2D eigenvalue weighted by Crippen LogP contribution is -2.20. The van der Waals surface area contributed by atoms with Crippen LogP contribution in [0.2, 0.25) is 5.02 Å². The van der Waals surface area contributed by atoms with Crippen LogP contribution in [0.25, 0.3) is 10.9 Å². The zero-order valence-electron chi connectivity index (χ0n) is 14.4. The van der Waals surface area contributed by atoms with Crippen molar-refractivity contribution < 1.29 is 23.5 Å². The summed E-state index contributed by atoms with van der Waals surface area (Å²) in [6.07, 6.45) is 0. The van der Waals surface area contributed by atoms with Gasteiger partial charge in [0.1, 0.15) is 5.82 Å². The number of nitrogens with two attached hydrogens (primary N) is 1. The Hall–Kier alpha value is -2.93. The van der Waals surface area contributed by atoms with Gasteiger partial charge in [-0.25, -0.2) is 8.78 Å². The number of amides is 1. The predicted molar refractivity (Wildman–Crippen MR) is 97.0 cm³/mol. The second-order valence-corrected chi connectivity index (χ2v) is 6.59. The van der Waals surface area contributed by atoms with Crippen molar-refractivity contribution in [1.82, 2.24) is 4.57 Å². The fourth-order valence-electron chi connectivity index (χ4n) is 3.17. The molecule has 140 valence electrons. The molecule has 0 spiro atoms. The maximum absolute atomic E-state index is 14.7. The Bertz CT molecular complexity index is 1110. The van der Waals surface area contributed by atoms with Crippen LogP contribution in [-0.4, -0.2) is 21.5 Å². The van der Waals surface area contributed by atoms with E-state index in [-0.39, 0.29) is 32.7 Å². The number of carbonyl (C=O) groups excluding carboxylic acids is 2. The molecule has 5 nitrogen and oxygen atoms in total. The molecule has 0 aliphatic carbocycles. The Morgan fingerprint density at radius 1 is 1.22 bits per heavy atom.